The van der Waals surface area contributed by atoms with Gasteiger partial charge in [-0.2, -0.15) is 0 Å². The molecule has 0 radical (unpaired) electrons. The van der Waals surface area contributed by atoms with Gasteiger partial charge in [0, 0.05) is 0 Å². The van der Waals surface area contributed by atoms with Gasteiger partial charge in [0.15, 0.2) is 0 Å². The fraction of sp³-hybridized carbons (Fsp3) is 0.176. The average molecular weight is 238 g/mol. The molecule has 1 heteroatoms. The van der Waals surface area contributed by atoms with Crippen LogP contribution in [0.4, 0.5) is 0 Å². The lowest BCUT2D eigenvalue weighted by atomic mass is 9.96. The van der Waals surface area contributed by atoms with Gasteiger partial charge in [0.1, 0.15) is 5.75 Å². The molecule has 0 aliphatic carbocycles. The first kappa shape index (κ1) is 12.4. The number of hydrogen-bond donors (Lipinski definition) is 1. The molecule has 0 saturated heterocycles. The second-order valence-corrected chi connectivity index (χ2v) is 4.32. The molecule has 0 atom stereocenters. The van der Waals surface area contributed by atoms with Crippen LogP contribution in [0.25, 0.3) is 5.57 Å². The van der Waals surface area contributed by atoms with E-state index in [4.69, 9.17) is 0 Å². The van der Waals surface area contributed by atoms with Crippen molar-refractivity contribution in [1.29, 1.82) is 0 Å². The fourth-order valence-corrected chi connectivity index (χ4v) is 1.95. The van der Waals surface area contributed by atoms with Gasteiger partial charge in [-0.1, -0.05) is 61.9 Å². The van der Waals surface area contributed by atoms with Crippen LogP contribution in [0.5, 0.6) is 5.75 Å². The van der Waals surface area contributed by atoms with Crippen molar-refractivity contribution in [2.24, 2.45) is 0 Å². The van der Waals surface area contributed by atoms with E-state index >= 15 is 0 Å². The first-order chi connectivity index (χ1) is 8.81. The van der Waals surface area contributed by atoms with Crippen LogP contribution in [0.3, 0.4) is 0 Å². The molecule has 0 heterocycles. The Labute approximate surface area is 108 Å². The molecule has 0 spiro atoms. The maximum Gasteiger partial charge on any atom is 0.115 e. The highest BCUT2D eigenvalue weighted by molar-refractivity contribution is 5.79. The normalized spacial score (nSPS) is 11.5. The number of rotatable bonds is 4. The lowest BCUT2D eigenvalue weighted by Gasteiger charge is -2.08. The first-order valence-corrected chi connectivity index (χ1v) is 6.36. The summed E-state index contributed by atoms with van der Waals surface area (Å²) in [6.45, 7) is 2.18. The standard InChI is InChI=1S/C17H18O/c1-2-3-9-17(14-7-5-4-6-8-14)15-10-12-16(18)13-11-15/h4-13,18H,2-3H2,1H3. The van der Waals surface area contributed by atoms with Crippen LogP contribution in [0.1, 0.15) is 30.9 Å². The summed E-state index contributed by atoms with van der Waals surface area (Å²) in [4.78, 5) is 0. The number of hydrogen-bond acceptors (Lipinski definition) is 1. The van der Waals surface area contributed by atoms with Crippen LogP contribution in [-0.4, -0.2) is 5.11 Å². The molecule has 92 valence electrons. The summed E-state index contributed by atoms with van der Waals surface area (Å²) < 4.78 is 0. The third kappa shape index (κ3) is 3.01. The predicted octanol–water partition coefficient (Wildman–Crippen LogP) is 4.62. The summed E-state index contributed by atoms with van der Waals surface area (Å²) in [6, 6.07) is 17.8. The van der Waals surface area contributed by atoms with Crippen LogP contribution >= 0.6 is 0 Å². The van der Waals surface area contributed by atoms with Crippen LogP contribution in [0, 0.1) is 0 Å². The minimum atomic E-state index is 0.307. The molecule has 0 saturated carbocycles. The van der Waals surface area contributed by atoms with Gasteiger partial charge in [0.2, 0.25) is 0 Å². The van der Waals surface area contributed by atoms with E-state index in [1.165, 1.54) is 11.1 Å². The molecular formula is C17H18O. The van der Waals surface area contributed by atoms with E-state index in [2.05, 4.69) is 37.3 Å². The van der Waals surface area contributed by atoms with Gasteiger partial charge in [0.25, 0.3) is 0 Å². The number of aromatic hydroxyl groups is 1. The van der Waals surface area contributed by atoms with Gasteiger partial charge in [-0.05, 0) is 35.3 Å². The zero-order valence-electron chi connectivity index (χ0n) is 10.6. The Morgan fingerprint density at radius 1 is 0.944 bits per heavy atom. The third-order valence-corrected chi connectivity index (χ3v) is 2.90. The van der Waals surface area contributed by atoms with E-state index in [1.807, 2.05) is 18.2 Å². The van der Waals surface area contributed by atoms with Crippen molar-refractivity contribution in [3.05, 3.63) is 71.8 Å². The molecule has 0 aromatic heterocycles. The molecule has 0 aliphatic rings. The van der Waals surface area contributed by atoms with Crippen molar-refractivity contribution in [2.45, 2.75) is 19.8 Å². The lowest BCUT2D eigenvalue weighted by molar-refractivity contribution is 0.475. The van der Waals surface area contributed by atoms with Gasteiger partial charge in [0.05, 0.1) is 0 Å². The Balaban J connectivity index is 2.40. The van der Waals surface area contributed by atoms with Crippen molar-refractivity contribution in [3.63, 3.8) is 0 Å². The lowest BCUT2D eigenvalue weighted by Crippen LogP contribution is -1.87. The zero-order valence-corrected chi connectivity index (χ0v) is 10.6. The number of phenolic OH excluding ortho intramolecular Hbond substituents is 1. The minimum absolute atomic E-state index is 0.307. The van der Waals surface area contributed by atoms with Gasteiger partial charge in [-0.3, -0.25) is 0 Å². The maximum absolute atomic E-state index is 9.37. The Bertz CT molecular complexity index is 509. The predicted molar refractivity (Wildman–Crippen MR) is 76.5 cm³/mol. The Morgan fingerprint density at radius 3 is 2.17 bits per heavy atom. The molecule has 0 amide bonds. The third-order valence-electron chi connectivity index (χ3n) is 2.90. The van der Waals surface area contributed by atoms with E-state index in [1.54, 1.807) is 12.1 Å². The van der Waals surface area contributed by atoms with E-state index in [0.717, 1.165) is 18.4 Å². The second kappa shape index (κ2) is 6.06. The van der Waals surface area contributed by atoms with Crippen molar-refractivity contribution in [1.82, 2.24) is 0 Å². The summed E-state index contributed by atoms with van der Waals surface area (Å²) in [6.07, 6.45) is 4.46. The second-order valence-electron chi connectivity index (χ2n) is 4.32. The Hall–Kier alpha value is -2.02. The van der Waals surface area contributed by atoms with Crippen LogP contribution in [0.2, 0.25) is 0 Å². The number of allylic oxidation sites excluding steroid dienone is 1. The van der Waals surface area contributed by atoms with Crippen molar-refractivity contribution >= 4 is 5.57 Å². The van der Waals surface area contributed by atoms with Crippen molar-refractivity contribution < 1.29 is 5.11 Å². The number of benzene rings is 2. The molecule has 1 N–H and O–H groups in total. The SMILES string of the molecule is CCCC=C(c1ccccc1)c1ccc(O)cc1. The first-order valence-electron chi connectivity index (χ1n) is 6.36. The fourth-order valence-electron chi connectivity index (χ4n) is 1.95. The van der Waals surface area contributed by atoms with Gasteiger partial charge in [-0.25, -0.2) is 0 Å². The molecular weight excluding hydrogens is 220 g/mol. The maximum atomic E-state index is 9.37. The summed E-state index contributed by atoms with van der Waals surface area (Å²) in [5, 5.41) is 9.37. The Kier molecular flexibility index (Phi) is 4.19. The molecule has 2 aromatic carbocycles. The molecule has 18 heavy (non-hydrogen) atoms. The van der Waals surface area contributed by atoms with Crippen LogP contribution in [0.15, 0.2) is 60.7 Å². The summed E-state index contributed by atoms with van der Waals surface area (Å²) in [5.41, 5.74) is 3.60. The minimum Gasteiger partial charge on any atom is -0.508 e. The average Bonchev–Trinajstić information content (AvgIpc) is 2.42. The van der Waals surface area contributed by atoms with E-state index < -0.39 is 0 Å². The van der Waals surface area contributed by atoms with Crippen LogP contribution in [-0.2, 0) is 0 Å². The molecule has 0 bridgehead atoms. The van der Waals surface area contributed by atoms with E-state index in [9.17, 15) is 5.11 Å². The van der Waals surface area contributed by atoms with Gasteiger partial charge >= 0.3 is 0 Å². The highest BCUT2D eigenvalue weighted by Crippen LogP contribution is 2.25. The number of phenols is 1. The van der Waals surface area contributed by atoms with Crippen molar-refractivity contribution in [3.8, 4) is 5.75 Å². The molecule has 2 rings (SSSR count). The quantitative estimate of drug-likeness (QED) is 0.823. The molecule has 2 aromatic rings. The summed E-state index contributed by atoms with van der Waals surface area (Å²) in [5.74, 6) is 0.307. The van der Waals surface area contributed by atoms with E-state index in [-0.39, 0.29) is 0 Å². The van der Waals surface area contributed by atoms with Crippen LogP contribution < -0.4 is 0 Å². The molecule has 0 fully saturated rings. The zero-order chi connectivity index (χ0) is 12.8. The van der Waals surface area contributed by atoms with Gasteiger partial charge in [-0.15, -0.1) is 0 Å². The molecule has 1 nitrogen and oxygen atoms in total. The summed E-state index contributed by atoms with van der Waals surface area (Å²) >= 11 is 0. The highest BCUT2D eigenvalue weighted by Gasteiger charge is 2.04. The topological polar surface area (TPSA) is 20.2 Å². The summed E-state index contributed by atoms with van der Waals surface area (Å²) in [7, 11) is 0. The molecule has 0 aliphatic heterocycles. The highest BCUT2D eigenvalue weighted by atomic mass is 16.3. The van der Waals surface area contributed by atoms with Crippen molar-refractivity contribution in [2.75, 3.05) is 0 Å². The smallest absolute Gasteiger partial charge is 0.115 e. The largest absolute Gasteiger partial charge is 0.508 e. The monoisotopic (exact) mass is 238 g/mol. The number of unbranched alkanes of at least 4 members (excludes halogenated alkanes) is 1. The van der Waals surface area contributed by atoms with E-state index in [0.29, 0.717) is 5.75 Å². The van der Waals surface area contributed by atoms with Gasteiger partial charge < -0.3 is 5.11 Å². The molecule has 0 unspecified atom stereocenters. The Morgan fingerprint density at radius 2 is 1.56 bits per heavy atom.